The molecule has 0 aromatic carbocycles. The van der Waals surface area contributed by atoms with Crippen LogP contribution in [0.3, 0.4) is 0 Å². The highest BCUT2D eigenvalue weighted by molar-refractivity contribution is 5.71. The van der Waals surface area contributed by atoms with Crippen molar-refractivity contribution in [2.45, 2.75) is 232 Å². The van der Waals surface area contributed by atoms with Gasteiger partial charge in [0, 0.05) is 19.3 Å². The lowest BCUT2D eigenvalue weighted by Crippen LogP contribution is -2.30. The summed E-state index contributed by atoms with van der Waals surface area (Å²) < 4.78 is 16.7. The first-order valence-corrected chi connectivity index (χ1v) is 26.4. The third-order valence-corrected chi connectivity index (χ3v) is 10.7. The Kier molecular flexibility index (Phi) is 49.5. The van der Waals surface area contributed by atoms with Crippen LogP contribution < -0.4 is 0 Å². The van der Waals surface area contributed by atoms with Crippen LogP contribution in [0.25, 0.3) is 0 Å². The lowest BCUT2D eigenvalue weighted by Gasteiger charge is -2.18. The van der Waals surface area contributed by atoms with E-state index in [1.807, 2.05) is 0 Å². The highest BCUT2D eigenvalue weighted by Gasteiger charge is 2.19. The number of allylic oxidation sites excluding steroid dienone is 18. The van der Waals surface area contributed by atoms with Crippen molar-refractivity contribution in [3.05, 3.63) is 109 Å². The van der Waals surface area contributed by atoms with Crippen molar-refractivity contribution in [1.82, 2.24) is 0 Å². The van der Waals surface area contributed by atoms with Crippen LogP contribution in [-0.2, 0) is 28.6 Å². The van der Waals surface area contributed by atoms with Crippen molar-refractivity contribution in [2.24, 2.45) is 0 Å². The van der Waals surface area contributed by atoms with E-state index in [1.54, 1.807) is 0 Å². The summed E-state index contributed by atoms with van der Waals surface area (Å²) in [6, 6.07) is 0. The number of carbonyl (C=O) groups is 3. The second-order valence-corrected chi connectivity index (χ2v) is 17.0. The van der Waals surface area contributed by atoms with Gasteiger partial charge in [0.05, 0.1) is 0 Å². The summed E-state index contributed by atoms with van der Waals surface area (Å²) in [4.78, 5) is 38.0. The van der Waals surface area contributed by atoms with Gasteiger partial charge in [-0.15, -0.1) is 0 Å². The summed E-state index contributed by atoms with van der Waals surface area (Å²) in [6.45, 7) is 6.38. The van der Waals surface area contributed by atoms with Gasteiger partial charge in [0.15, 0.2) is 6.10 Å². The topological polar surface area (TPSA) is 78.9 Å². The van der Waals surface area contributed by atoms with Gasteiger partial charge in [-0.1, -0.05) is 188 Å². The Morgan fingerprint density at radius 3 is 0.969 bits per heavy atom. The lowest BCUT2D eigenvalue weighted by atomic mass is 10.1. The standard InChI is InChI=1S/C59H96O6/c1-4-7-10-13-16-19-22-25-28-29-32-35-38-41-44-47-50-53-59(62)65-56(54-63-57(60)51-48-45-42-39-36-33-30-26-23-20-17-14-11-8-5-2)55-64-58(61)52-49-46-43-40-37-34-31-27-24-21-18-15-12-9-6-3/h8,11,16-21,25-28,30-31,36-37,39-40,56H,4-7,9-10,12-15,22-24,29,32-35,38,41-55H2,1-3H3/b11-8-,19-16-,20-17-,21-18-,28-25-,30-26-,31-27-,39-36-,40-37-/t56-/m1/s1. The molecule has 0 heterocycles. The molecule has 0 radical (unpaired) electrons. The number of unbranched alkanes of at least 4 members (excludes halogenated alkanes) is 17. The molecule has 0 saturated heterocycles. The molecule has 0 bridgehead atoms. The molecule has 65 heavy (non-hydrogen) atoms. The molecule has 0 fully saturated rings. The van der Waals surface area contributed by atoms with E-state index in [0.717, 1.165) is 103 Å². The zero-order chi connectivity index (χ0) is 47.2. The molecule has 0 rings (SSSR count). The first-order valence-electron chi connectivity index (χ1n) is 26.4. The zero-order valence-electron chi connectivity index (χ0n) is 42.0. The van der Waals surface area contributed by atoms with Gasteiger partial charge in [-0.2, -0.15) is 0 Å². The van der Waals surface area contributed by atoms with Gasteiger partial charge in [-0.25, -0.2) is 0 Å². The number of hydrogen-bond acceptors (Lipinski definition) is 6. The quantitative estimate of drug-likeness (QED) is 0.0262. The van der Waals surface area contributed by atoms with E-state index in [1.165, 1.54) is 77.0 Å². The fourth-order valence-electron chi connectivity index (χ4n) is 6.76. The van der Waals surface area contributed by atoms with E-state index in [4.69, 9.17) is 14.2 Å². The minimum Gasteiger partial charge on any atom is -0.462 e. The van der Waals surface area contributed by atoms with Crippen LogP contribution in [0.5, 0.6) is 0 Å². The Hall–Kier alpha value is -3.93. The molecule has 0 aliphatic rings. The van der Waals surface area contributed by atoms with Crippen LogP contribution in [0.4, 0.5) is 0 Å². The van der Waals surface area contributed by atoms with E-state index in [2.05, 4.69) is 130 Å². The fourth-order valence-corrected chi connectivity index (χ4v) is 6.76. The van der Waals surface area contributed by atoms with Crippen LogP contribution in [0.15, 0.2) is 109 Å². The van der Waals surface area contributed by atoms with E-state index < -0.39 is 6.10 Å². The summed E-state index contributed by atoms with van der Waals surface area (Å²) in [5, 5.41) is 0. The van der Waals surface area contributed by atoms with Crippen molar-refractivity contribution in [2.75, 3.05) is 13.2 Å². The van der Waals surface area contributed by atoms with Gasteiger partial charge < -0.3 is 14.2 Å². The van der Waals surface area contributed by atoms with E-state index in [0.29, 0.717) is 25.7 Å². The number of ether oxygens (including phenoxy) is 3. The van der Waals surface area contributed by atoms with Gasteiger partial charge in [0.25, 0.3) is 0 Å². The van der Waals surface area contributed by atoms with Gasteiger partial charge in [0.1, 0.15) is 13.2 Å². The molecule has 0 saturated carbocycles. The SMILES string of the molecule is CC/C=C\C/C=C\C/C=C\C/C=C\CCCCC(=O)OC[C@H](COC(=O)CCCC/C=C\C/C=C\C/C=C\CCCCC)OC(=O)CCCCCCCCC/C=C\C/C=C\CCCCC. The molecule has 0 aliphatic heterocycles. The molecule has 0 aliphatic carbocycles. The molecular formula is C59H96O6. The third-order valence-electron chi connectivity index (χ3n) is 10.7. The Labute approximate surface area is 400 Å². The molecule has 6 nitrogen and oxygen atoms in total. The zero-order valence-corrected chi connectivity index (χ0v) is 42.0. The maximum atomic E-state index is 12.8. The first-order chi connectivity index (χ1) is 32.0. The van der Waals surface area contributed by atoms with E-state index in [9.17, 15) is 14.4 Å². The summed E-state index contributed by atoms with van der Waals surface area (Å²) in [5.41, 5.74) is 0. The lowest BCUT2D eigenvalue weighted by molar-refractivity contribution is -0.167. The predicted octanol–water partition coefficient (Wildman–Crippen LogP) is 17.5. The van der Waals surface area contributed by atoms with E-state index in [-0.39, 0.29) is 31.1 Å². The summed E-state index contributed by atoms with van der Waals surface area (Å²) in [7, 11) is 0. The van der Waals surface area contributed by atoms with Crippen LogP contribution in [-0.4, -0.2) is 37.2 Å². The molecule has 1 atom stereocenters. The monoisotopic (exact) mass is 901 g/mol. The summed E-state index contributed by atoms with van der Waals surface area (Å²) in [5.74, 6) is -1.01. The molecule has 0 aromatic rings. The van der Waals surface area contributed by atoms with Crippen molar-refractivity contribution >= 4 is 17.9 Å². The molecule has 0 unspecified atom stereocenters. The van der Waals surface area contributed by atoms with Crippen molar-refractivity contribution in [1.29, 1.82) is 0 Å². The van der Waals surface area contributed by atoms with Crippen LogP contribution in [0.2, 0.25) is 0 Å². The molecular weight excluding hydrogens is 805 g/mol. The molecule has 0 spiro atoms. The number of hydrogen-bond donors (Lipinski definition) is 0. The van der Waals surface area contributed by atoms with Crippen LogP contribution >= 0.6 is 0 Å². The Bertz CT molecular complexity index is 1360. The second kappa shape index (κ2) is 52.7. The Balaban J connectivity index is 4.54. The number of carbonyl (C=O) groups excluding carboxylic acids is 3. The maximum Gasteiger partial charge on any atom is 0.306 e. The molecule has 368 valence electrons. The van der Waals surface area contributed by atoms with Crippen LogP contribution in [0.1, 0.15) is 226 Å². The highest BCUT2D eigenvalue weighted by atomic mass is 16.6. The molecule has 0 amide bonds. The predicted molar refractivity (Wildman–Crippen MR) is 279 cm³/mol. The summed E-state index contributed by atoms with van der Waals surface area (Å²) in [6.07, 6.45) is 70.7. The van der Waals surface area contributed by atoms with Gasteiger partial charge in [-0.3, -0.25) is 14.4 Å². The molecule has 0 N–H and O–H groups in total. The van der Waals surface area contributed by atoms with E-state index >= 15 is 0 Å². The average molecular weight is 901 g/mol. The Morgan fingerprint density at radius 1 is 0.323 bits per heavy atom. The van der Waals surface area contributed by atoms with Crippen molar-refractivity contribution in [3.63, 3.8) is 0 Å². The third kappa shape index (κ3) is 50.9. The largest absolute Gasteiger partial charge is 0.462 e. The van der Waals surface area contributed by atoms with Crippen molar-refractivity contribution in [3.8, 4) is 0 Å². The molecule has 6 heteroatoms. The van der Waals surface area contributed by atoms with Crippen LogP contribution in [0, 0.1) is 0 Å². The average Bonchev–Trinajstić information content (AvgIpc) is 3.30. The smallest absolute Gasteiger partial charge is 0.306 e. The first kappa shape index (κ1) is 61.1. The minimum absolute atomic E-state index is 0.116. The number of rotatable bonds is 46. The van der Waals surface area contributed by atoms with Gasteiger partial charge in [-0.05, 0) is 128 Å². The minimum atomic E-state index is -0.817. The van der Waals surface area contributed by atoms with Gasteiger partial charge >= 0.3 is 17.9 Å². The van der Waals surface area contributed by atoms with Crippen molar-refractivity contribution < 1.29 is 28.6 Å². The fraction of sp³-hybridized carbons (Fsp3) is 0.644. The maximum absolute atomic E-state index is 12.8. The Morgan fingerprint density at radius 2 is 0.600 bits per heavy atom. The highest BCUT2D eigenvalue weighted by Crippen LogP contribution is 2.13. The molecule has 0 aromatic heterocycles. The van der Waals surface area contributed by atoms with Gasteiger partial charge in [0.2, 0.25) is 0 Å². The second-order valence-electron chi connectivity index (χ2n) is 17.0. The number of esters is 3. The normalized spacial score (nSPS) is 13.0. The summed E-state index contributed by atoms with van der Waals surface area (Å²) >= 11 is 0.